The first kappa shape index (κ1) is 26.5. The number of benzene rings is 5. The Balaban J connectivity index is 1.28. The van der Waals surface area contributed by atoms with Gasteiger partial charge in [-0.15, -0.1) is 0 Å². The summed E-state index contributed by atoms with van der Waals surface area (Å²) in [6, 6.07) is 44.9. The molecule has 7 aromatic rings. The van der Waals surface area contributed by atoms with E-state index in [0.717, 1.165) is 33.8 Å². The van der Waals surface area contributed by atoms with Crippen molar-refractivity contribution in [3.63, 3.8) is 0 Å². The molecule has 2 aliphatic rings. The van der Waals surface area contributed by atoms with Crippen molar-refractivity contribution < 1.29 is 0 Å². The minimum atomic E-state index is 0.190. The van der Waals surface area contributed by atoms with Gasteiger partial charge in [0.2, 0.25) is 0 Å². The van der Waals surface area contributed by atoms with Crippen LogP contribution in [0.3, 0.4) is 0 Å². The second-order valence-corrected chi connectivity index (χ2v) is 12.0. The highest BCUT2D eigenvalue weighted by atomic mass is 14.9. The molecule has 0 spiro atoms. The van der Waals surface area contributed by atoms with Crippen LogP contribution in [0.4, 0.5) is 0 Å². The molecule has 9 rings (SSSR count). The molecule has 3 nitrogen and oxygen atoms in total. The second kappa shape index (κ2) is 10.9. The van der Waals surface area contributed by atoms with Crippen LogP contribution >= 0.6 is 0 Å². The van der Waals surface area contributed by atoms with Gasteiger partial charge in [0.05, 0.1) is 17.1 Å². The molecular weight excluding hydrogens is 558 g/mol. The third-order valence-corrected chi connectivity index (χ3v) is 9.33. The maximum atomic E-state index is 5.31. The highest BCUT2D eigenvalue weighted by molar-refractivity contribution is 6.13. The van der Waals surface area contributed by atoms with Gasteiger partial charge in [-0.3, -0.25) is 4.98 Å². The van der Waals surface area contributed by atoms with Crippen LogP contribution in [-0.4, -0.2) is 15.0 Å². The quantitative estimate of drug-likeness (QED) is 0.192. The zero-order valence-corrected chi connectivity index (χ0v) is 25.1. The maximum absolute atomic E-state index is 5.31. The first-order valence-corrected chi connectivity index (χ1v) is 15.8. The normalized spacial score (nSPS) is 16.7. The molecule has 216 valence electrons. The van der Waals surface area contributed by atoms with Crippen molar-refractivity contribution in [1.29, 1.82) is 0 Å². The van der Waals surface area contributed by atoms with Crippen molar-refractivity contribution in [2.75, 3.05) is 0 Å². The number of hydrogen-bond donors (Lipinski definition) is 0. The molecule has 0 N–H and O–H groups in total. The molecule has 2 aromatic heterocycles. The maximum Gasteiger partial charge on any atom is 0.160 e. The summed E-state index contributed by atoms with van der Waals surface area (Å²) >= 11 is 0. The van der Waals surface area contributed by atoms with Crippen molar-refractivity contribution >= 4 is 33.2 Å². The number of aromatic nitrogens is 3. The van der Waals surface area contributed by atoms with E-state index in [0.29, 0.717) is 5.82 Å². The van der Waals surface area contributed by atoms with Crippen LogP contribution < -0.4 is 0 Å². The highest BCUT2D eigenvalue weighted by Crippen LogP contribution is 2.46. The van der Waals surface area contributed by atoms with Gasteiger partial charge in [0.1, 0.15) is 0 Å². The Bertz CT molecular complexity index is 2370. The fraction of sp³-hybridized carbons (Fsp3) is 0.0465. The van der Waals surface area contributed by atoms with Gasteiger partial charge in [-0.25, -0.2) is 9.97 Å². The number of pyridine rings is 1. The predicted molar refractivity (Wildman–Crippen MR) is 190 cm³/mol. The van der Waals surface area contributed by atoms with Crippen LogP contribution in [0, 0.1) is 5.92 Å². The SMILES string of the molecule is C1=CC2C(c3cc(-c4cc5ccccc5c5ccccc45)nc(-c4ccc(-c5ccccn5)cc4)n3)=Cc3ccccc3C2C=C1. The van der Waals surface area contributed by atoms with E-state index in [1.54, 1.807) is 0 Å². The van der Waals surface area contributed by atoms with Gasteiger partial charge in [0.25, 0.3) is 0 Å². The smallest absolute Gasteiger partial charge is 0.160 e. The average molecular weight is 588 g/mol. The van der Waals surface area contributed by atoms with E-state index in [2.05, 4.69) is 145 Å². The van der Waals surface area contributed by atoms with E-state index in [-0.39, 0.29) is 11.8 Å². The molecule has 0 saturated heterocycles. The zero-order chi connectivity index (χ0) is 30.5. The molecule has 0 amide bonds. The first-order chi connectivity index (χ1) is 22.8. The van der Waals surface area contributed by atoms with Crippen LogP contribution in [0.5, 0.6) is 0 Å². The van der Waals surface area contributed by atoms with Gasteiger partial charge >= 0.3 is 0 Å². The molecule has 5 aromatic carbocycles. The average Bonchev–Trinajstić information content (AvgIpc) is 3.14. The molecule has 3 heteroatoms. The van der Waals surface area contributed by atoms with Gasteiger partial charge in [0, 0.05) is 34.7 Å². The summed E-state index contributed by atoms with van der Waals surface area (Å²) in [7, 11) is 0. The molecule has 0 radical (unpaired) electrons. The summed E-state index contributed by atoms with van der Waals surface area (Å²) in [6.45, 7) is 0. The fourth-order valence-electron chi connectivity index (χ4n) is 7.11. The van der Waals surface area contributed by atoms with Crippen molar-refractivity contribution in [2.24, 2.45) is 5.92 Å². The summed E-state index contributed by atoms with van der Waals surface area (Å²) in [4.78, 5) is 15.1. The molecule has 0 bridgehead atoms. The molecule has 2 aliphatic carbocycles. The molecular formula is C43H29N3. The molecule has 0 aliphatic heterocycles. The number of allylic oxidation sites excluding steroid dienone is 5. The van der Waals surface area contributed by atoms with Crippen molar-refractivity contribution in [3.05, 3.63) is 175 Å². The number of hydrogen-bond acceptors (Lipinski definition) is 3. The van der Waals surface area contributed by atoms with Crippen molar-refractivity contribution in [2.45, 2.75) is 5.92 Å². The Hall–Kier alpha value is -5.93. The number of nitrogens with zero attached hydrogens (tertiary/aromatic N) is 3. The van der Waals surface area contributed by atoms with Gasteiger partial charge in [0.15, 0.2) is 5.82 Å². The summed E-state index contributed by atoms with van der Waals surface area (Å²) < 4.78 is 0. The van der Waals surface area contributed by atoms with E-state index >= 15 is 0 Å². The third-order valence-electron chi connectivity index (χ3n) is 9.33. The lowest BCUT2D eigenvalue weighted by molar-refractivity contribution is 0.706. The molecule has 2 heterocycles. The standard InChI is InChI=1S/C43H29N3/c1-3-13-32-30(11-1)25-38(36-17-7-5-15-34(32)36)41-27-42(39-26-31-12-2-4-14-33(31)35-16-6-8-18-37(35)39)46-43(45-41)29-22-20-28(21-23-29)40-19-9-10-24-44-40/h1-27,34,36H. The largest absolute Gasteiger partial charge is 0.256 e. The second-order valence-electron chi connectivity index (χ2n) is 12.0. The van der Waals surface area contributed by atoms with Crippen molar-refractivity contribution in [1.82, 2.24) is 15.0 Å². The van der Waals surface area contributed by atoms with E-state index in [1.807, 2.05) is 24.4 Å². The Morgan fingerprint density at radius 1 is 0.500 bits per heavy atom. The molecule has 46 heavy (non-hydrogen) atoms. The zero-order valence-electron chi connectivity index (χ0n) is 25.1. The van der Waals surface area contributed by atoms with E-state index in [9.17, 15) is 0 Å². The van der Waals surface area contributed by atoms with Gasteiger partial charge in [-0.05, 0) is 68.6 Å². The summed E-state index contributed by atoms with van der Waals surface area (Å²) in [5, 5.41) is 4.85. The van der Waals surface area contributed by atoms with Gasteiger partial charge in [-0.1, -0.05) is 127 Å². The Morgan fingerprint density at radius 2 is 1.20 bits per heavy atom. The topological polar surface area (TPSA) is 38.7 Å². The minimum Gasteiger partial charge on any atom is -0.256 e. The Kier molecular flexibility index (Phi) is 6.27. The third kappa shape index (κ3) is 4.48. The monoisotopic (exact) mass is 587 g/mol. The van der Waals surface area contributed by atoms with E-state index < -0.39 is 0 Å². The van der Waals surface area contributed by atoms with Crippen LogP contribution in [-0.2, 0) is 0 Å². The lowest BCUT2D eigenvalue weighted by Crippen LogP contribution is -2.18. The van der Waals surface area contributed by atoms with Crippen LogP contribution in [0.15, 0.2) is 158 Å². The molecule has 0 saturated carbocycles. The van der Waals surface area contributed by atoms with E-state index in [4.69, 9.17) is 9.97 Å². The van der Waals surface area contributed by atoms with Crippen LogP contribution in [0.1, 0.15) is 22.7 Å². The summed E-state index contributed by atoms with van der Waals surface area (Å²) in [6.07, 6.45) is 13.1. The lowest BCUT2D eigenvalue weighted by Gasteiger charge is -2.32. The molecule has 2 unspecified atom stereocenters. The molecule has 2 atom stereocenters. The molecule has 0 fully saturated rings. The van der Waals surface area contributed by atoms with E-state index in [1.165, 1.54) is 38.2 Å². The number of rotatable bonds is 4. The summed E-state index contributed by atoms with van der Waals surface area (Å²) in [5.74, 6) is 1.17. The first-order valence-electron chi connectivity index (χ1n) is 15.8. The van der Waals surface area contributed by atoms with Crippen LogP contribution in [0.25, 0.3) is 67.1 Å². The van der Waals surface area contributed by atoms with Gasteiger partial charge < -0.3 is 0 Å². The van der Waals surface area contributed by atoms with Gasteiger partial charge in [-0.2, -0.15) is 0 Å². The Morgan fingerprint density at radius 3 is 2.04 bits per heavy atom. The lowest BCUT2D eigenvalue weighted by atomic mass is 9.72. The summed E-state index contributed by atoms with van der Waals surface area (Å²) in [5.41, 5.74) is 9.78. The predicted octanol–water partition coefficient (Wildman–Crippen LogP) is 10.6. The van der Waals surface area contributed by atoms with Crippen molar-refractivity contribution in [3.8, 4) is 33.9 Å². The fourth-order valence-corrected chi connectivity index (χ4v) is 7.11. The van der Waals surface area contributed by atoms with Crippen LogP contribution in [0.2, 0.25) is 0 Å². The minimum absolute atomic E-state index is 0.190. The highest BCUT2D eigenvalue weighted by Gasteiger charge is 2.31. The number of fused-ring (bicyclic) bond motifs is 6. The Labute approximate surface area is 268 Å².